The fraction of sp³-hybridized carbons (Fsp3) is 0.571. The van der Waals surface area contributed by atoms with Crippen LogP contribution in [0.5, 0.6) is 0 Å². The Labute approximate surface area is 273 Å². The lowest BCUT2D eigenvalue weighted by Crippen LogP contribution is -2.47. The molecule has 2 aromatic carbocycles. The minimum atomic E-state index is -0.852. The third kappa shape index (κ3) is 10.6. The Balaban J connectivity index is 1.23. The van der Waals surface area contributed by atoms with Crippen molar-refractivity contribution in [3.05, 3.63) is 53.1 Å². The molecule has 0 atom stereocenters. The van der Waals surface area contributed by atoms with Crippen LogP contribution in [-0.2, 0) is 14.2 Å². The molecule has 0 radical (unpaired) electrons. The number of benzene rings is 2. The molecule has 1 saturated heterocycles. The Kier molecular flexibility index (Phi) is 14.3. The minimum absolute atomic E-state index is 0.282. The van der Waals surface area contributed by atoms with Gasteiger partial charge in [0.05, 0.1) is 23.7 Å². The summed E-state index contributed by atoms with van der Waals surface area (Å²) in [5.41, 5.74) is 2.49. The Hall–Kier alpha value is -3.30. The fourth-order valence-electron chi connectivity index (χ4n) is 5.73. The van der Waals surface area contributed by atoms with E-state index in [1.807, 2.05) is 24.3 Å². The summed E-state index contributed by atoms with van der Waals surface area (Å²) < 4.78 is 15.7. The number of amides is 1. The number of hydrogen-bond donors (Lipinski definition) is 0. The normalized spacial score (nSPS) is 14.7. The molecule has 2 aliphatic rings. The second kappa shape index (κ2) is 18.6. The van der Waals surface area contributed by atoms with Crippen LogP contribution in [0.1, 0.15) is 89.5 Å². The topological polar surface area (TPSA) is 83.9 Å². The predicted octanol–water partition coefficient (Wildman–Crippen LogP) is 9.07. The van der Waals surface area contributed by atoms with Crippen molar-refractivity contribution in [2.45, 2.75) is 84.0 Å². The molecule has 1 fully saturated rings. The number of ether oxygens (including phenoxy) is 3. The number of halogens is 1. The van der Waals surface area contributed by atoms with Crippen molar-refractivity contribution in [2.24, 2.45) is 4.99 Å². The van der Waals surface area contributed by atoms with E-state index in [-0.39, 0.29) is 6.61 Å². The molecule has 4 rings (SSSR count). The number of rotatable bonds is 15. The highest BCUT2D eigenvalue weighted by Crippen LogP contribution is 2.41. The molecule has 0 saturated carbocycles. The molecular weight excluding hydrogens is 592 g/mol. The van der Waals surface area contributed by atoms with Gasteiger partial charge in [-0.05, 0) is 43.8 Å². The van der Waals surface area contributed by atoms with Crippen LogP contribution in [0, 0.1) is 0 Å². The van der Waals surface area contributed by atoms with E-state index >= 15 is 0 Å². The van der Waals surface area contributed by atoms with Gasteiger partial charge >= 0.3 is 12.2 Å². The maximum Gasteiger partial charge on any atom is 0.511 e. The molecule has 0 unspecified atom stereocenters. The largest absolute Gasteiger partial charge is 0.511 e. The number of amidine groups is 1. The number of aliphatic imine (C=N–C) groups is 1. The number of carbonyl (C=O) groups is 2. The van der Waals surface area contributed by atoms with Crippen molar-refractivity contribution >= 4 is 46.7 Å². The summed E-state index contributed by atoms with van der Waals surface area (Å²) in [7, 11) is 2.10. The highest BCUT2D eigenvalue weighted by molar-refractivity contribution is 6.31. The van der Waals surface area contributed by atoms with E-state index in [2.05, 4.69) is 23.8 Å². The molecule has 246 valence electrons. The van der Waals surface area contributed by atoms with E-state index in [9.17, 15) is 9.59 Å². The zero-order valence-electron chi connectivity index (χ0n) is 27.0. The molecule has 0 aromatic heterocycles. The van der Waals surface area contributed by atoms with E-state index in [1.54, 1.807) is 18.2 Å². The number of likely N-dealkylation sites (N-methyl/N-ethyl adjacent to an activating group) is 1. The maximum atomic E-state index is 13.5. The van der Waals surface area contributed by atoms with E-state index < -0.39 is 19.0 Å². The molecule has 2 aromatic rings. The van der Waals surface area contributed by atoms with Crippen LogP contribution < -0.4 is 4.90 Å². The third-order valence-electron chi connectivity index (χ3n) is 8.35. The number of unbranched alkanes of at least 4 members (excludes halogenated alkanes) is 11. The van der Waals surface area contributed by atoms with Gasteiger partial charge in [-0.2, -0.15) is 0 Å². The van der Waals surface area contributed by atoms with Gasteiger partial charge in [0.2, 0.25) is 6.79 Å². The van der Waals surface area contributed by atoms with Gasteiger partial charge in [0.1, 0.15) is 5.84 Å². The lowest BCUT2D eigenvalue weighted by molar-refractivity contribution is -0.0127. The second-order valence-electron chi connectivity index (χ2n) is 11.9. The second-order valence-corrected chi connectivity index (χ2v) is 12.3. The van der Waals surface area contributed by atoms with Gasteiger partial charge in [0.15, 0.2) is 0 Å². The van der Waals surface area contributed by atoms with Gasteiger partial charge < -0.3 is 24.0 Å². The first kappa shape index (κ1) is 34.6. The molecule has 0 aliphatic carbocycles. The molecule has 0 N–H and O–H groups in total. The zero-order chi connectivity index (χ0) is 31.9. The quantitative estimate of drug-likeness (QED) is 0.109. The van der Waals surface area contributed by atoms with Crippen molar-refractivity contribution in [2.75, 3.05) is 51.5 Å². The van der Waals surface area contributed by atoms with Crippen molar-refractivity contribution < 1.29 is 23.8 Å². The van der Waals surface area contributed by atoms with Crippen molar-refractivity contribution in [3.63, 3.8) is 0 Å². The minimum Gasteiger partial charge on any atom is -0.434 e. The molecule has 2 heterocycles. The molecule has 1 amide bonds. The van der Waals surface area contributed by atoms with Gasteiger partial charge in [-0.3, -0.25) is 0 Å². The Bertz CT molecular complexity index is 1260. The molecule has 45 heavy (non-hydrogen) atoms. The third-order valence-corrected chi connectivity index (χ3v) is 8.59. The Morgan fingerprint density at radius 3 is 2.11 bits per heavy atom. The van der Waals surface area contributed by atoms with Crippen LogP contribution in [0.25, 0.3) is 0 Å². The average molecular weight is 641 g/mol. The van der Waals surface area contributed by atoms with Crippen LogP contribution in [0.4, 0.5) is 26.7 Å². The lowest BCUT2D eigenvalue weighted by Gasteiger charge is -2.35. The summed E-state index contributed by atoms with van der Waals surface area (Å²) in [6, 6.07) is 12.8. The summed E-state index contributed by atoms with van der Waals surface area (Å²) in [5.74, 6) is 0.773. The van der Waals surface area contributed by atoms with Crippen molar-refractivity contribution in [1.29, 1.82) is 0 Å². The van der Waals surface area contributed by atoms with Gasteiger partial charge in [-0.15, -0.1) is 0 Å². The summed E-state index contributed by atoms with van der Waals surface area (Å²) in [6.45, 7) is 5.38. The number of piperazine rings is 1. The lowest BCUT2D eigenvalue weighted by atomic mass is 10.1. The summed E-state index contributed by atoms with van der Waals surface area (Å²) in [6.07, 6.45) is 13.2. The standard InChI is InChI=1S/C35H49ClN4O5/c1-3-4-5-6-7-8-9-10-11-12-13-16-25-43-35(42)45-27-44-34(41)40-31-18-15-14-17-29(31)33(39-23-21-38(2)22-24-39)37-30-26-28(36)19-20-32(30)40/h14-15,17-20,26H,3-13,16,21-25,27H2,1-2H3. The number of fused-ring (bicyclic) bond motifs is 2. The number of carbonyl (C=O) groups excluding carboxylic acids is 2. The highest BCUT2D eigenvalue weighted by Gasteiger charge is 2.31. The zero-order valence-corrected chi connectivity index (χ0v) is 27.7. The molecule has 9 nitrogen and oxygen atoms in total. The molecular formula is C35H49ClN4O5. The number of para-hydroxylation sites is 1. The van der Waals surface area contributed by atoms with E-state index in [1.165, 1.54) is 62.7 Å². The number of hydrogen-bond acceptors (Lipinski definition) is 8. The van der Waals surface area contributed by atoms with Crippen LogP contribution in [0.3, 0.4) is 0 Å². The average Bonchev–Trinajstić information content (AvgIpc) is 3.18. The maximum absolute atomic E-state index is 13.5. The van der Waals surface area contributed by atoms with Crippen LogP contribution in [0.15, 0.2) is 47.5 Å². The van der Waals surface area contributed by atoms with Crippen LogP contribution >= 0.6 is 11.6 Å². The van der Waals surface area contributed by atoms with E-state index in [0.29, 0.717) is 22.1 Å². The first-order valence-corrected chi connectivity index (χ1v) is 17.0. The first-order valence-electron chi connectivity index (χ1n) is 16.7. The molecule has 0 spiro atoms. The fourth-order valence-corrected chi connectivity index (χ4v) is 5.89. The Morgan fingerprint density at radius 1 is 0.778 bits per heavy atom. The molecule has 10 heteroatoms. The molecule has 0 bridgehead atoms. The van der Waals surface area contributed by atoms with Gasteiger partial charge in [-0.25, -0.2) is 19.5 Å². The number of anilines is 2. The monoisotopic (exact) mass is 640 g/mol. The SMILES string of the molecule is CCCCCCCCCCCCCCOC(=O)OCOC(=O)N1c2ccc(Cl)cc2N=C(N2CCN(C)CC2)c2ccccc21. The predicted molar refractivity (Wildman–Crippen MR) is 180 cm³/mol. The molecule has 2 aliphatic heterocycles. The first-order chi connectivity index (χ1) is 22.0. The Morgan fingerprint density at radius 2 is 1.42 bits per heavy atom. The summed E-state index contributed by atoms with van der Waals surface area (Å²) in [4.78, 5) is 36.6. The summed E-state index contributed by atoms with van der Waals surface area (Å²) >= 11 is 6.36. The number of nitrogens with zero attached hydrogens (tertiary/aromatic N) is 4. The van der Waals surface area contributed by atoms with E-state index in [0.717, 1.165) is 56.8 Å². The summed E-state index contributed by atoms with van der Waals surface area (Å²) in [5, 5.41) is 0.508. The van der Waals surface area contributed by atoms with Crippen LogP contribution in [0.2, 0.25) is 5.02 Å². The van der Waals surface area contributed by atoms with E-state index in [4.69, 9.17) is 30.8 Å². The van der Waals surface area contributed by atoms with Crippen molar-refractivity contribution in [3.8, 4) is 0 Å². The van der Waals surface area contributed by atoms with Crippen molar-refractivity contribution in [1.82, 2.24) is 9.80 Å². The van der Waals surface area contributed by atoms with Gasteiger partial charge in [-0.1, -0.05) is 101 Å². The van der Waals surface area contributed by atoms with Gasteiger partial charge in [0.25, 0.3) is 0 Å². The smallest absolute Gasteiger partial charge is 0.434 e. The van der Waals surface area contributed by atoms with Crippen LogP contribution in [-0.4, -0.2) is 74.5 Å². The highest BCUT2D eigenvalue weighted by atomic mass is 35.5. The van der Waals surface area contributed by atoms with Gasteiger partial charge in [0, 0.05) is 36.8 Å².